The maximum absolute atomic E-state index is 6.22. The highest BCUT2D eigenvalue weighted by molar-refractivity contribution is 14.1. The molecule has 0 bridgehead atoms. The Morgan fingerprint density at radius 2 is 1.78 bits per heavy atom. The van der Waals surface area contributed by atoms with Gasteiger partial charge in [-0.3, -0.25) is 0 Å². The third kappa shape index (κ3) is 5.08. The second kappa shape index (κ2) is 9.33. The molecule has 0 aromatic heterocycles. The number of rotatable bonds is 7. The van der Waals surface area contributed by atoms with Gasteiger partial charge in [0.25, 0.3) is 0 Å². The molecule has 0 radical (unpaired) electrons. The molecule has 0 atom stereocenters. The van der Waals surface area contributed by atoms with E-state index in [2.05, 4.69) is 53.0 Å². The minimum atomic E-state index is 0.396. The van der Waals surface area contributed by atoms with Gasteiger partial charge in [0, 0.05) is 22.8 Å². The van der Waals surface area contributed by atoms with E-state index in [1.165, 1.54) is 5.56 Å². The third-order valence-electron chi connectivity index (χ3n) is 4.25. The molecule has 3 aromatic carbocycles. The van der Waals surface area contributed by atoms with Gasteiger partial charge >= 0.3 is 0 Å². The molecular weight excluding hydrogens is 473 g/mol. The Morgan fingerprint density at radius 1 is 1.04 bits per heavy atom. The normalized spacial score (nSPS) is 10.5. The van der Waals surface area contributed by atoms with Crippen LogP contribution in [0.1, 0.15) is 16.7 Å². The summed E-state index contributed by atoms with van der Waals surface area (Å²) in [4.78, 5) is 0. The fourth-order valence-electron chi connectivity index (χ4n) is 2.75. The predicted molar refractivity (Wildman–Crippen MR) is 120 cm³/mol. The van der Waals surface area contributed by atoms with Crippen LogP contribution in [0.3, 0.4) is 0 Å². The quantitative estimate of drug-likeness (QED) is 0.384. The fourth-order valence-corrected chi connectivity index (χ4v) is 3.76. The number of para-hydroxylation sites is 1. The van der Waals surface area contributed by atoms with Crippen molar-refractivity contribution in [3.63, 3.8) is 0 Å². The molecule has 0 aliphatic heterocycles. The second-order valence-electron chi connectivity index (χ2n) is 6.16. The highest BCUT2D eigenvalue weighted by atomic mass is 127. The van der Waals surface area contributed by atoms with E-state index in [4.69, 9.17) is 21.1 Å². The van der Waals surface area contributed by atoms with E-state index in [-0.39, 0.29) is 0 Å². The molecule has 1 N–H and O–H groups in total. The van der Waals surface area contributed by atoms with Gasteiger partial charge in [0.05, 0.1) is 10.7 Å². The molecule has 3 aromatic rings. The van der Waals surface area contributed by atoms with Crippen LogP contribution in [0, 0.1) is 10.5 Å². The van der Waals surface area contributed by atoms with E-state index in [1.807, 2.05) is 42.5 Å². The van der Waals surface area contributed by atoms with Gasteiger partial charge in [-0.1, -0.05) is 48.0 Å². The first-order valence-electron chi connectivity index (χ1n) is 8.60. The summed E-state index contributed by atoms with van der Waals surface area (Å²) in [5.41, 5.74) is 4.43. The van der Waals surface area contributed by atoms with Crippen molar-refractivity contribution in [1.29, 1.82) is 0 Å². The standard InChI is InChI=1S/C22H21ClINO2/c1-15-7-3-6-10-20(15)25-13-16-11-19(24)22(21(12-16)26-2)27-14-17-8-4-5-9-18(17)23/h3-12,25H,13-14H2,1-2H3. The average Bonchev–Trinajstić information content (AvgIpc) is 2.67. The Morgan fingerprint density at radius 3 is 2.52 bits per heavy atom. The number of methoxy groups -OCH3 is 1. The summed E-state index contributed by atoms with van der Waals surface area (Å²) in [6.07, 6.45) is 0. The van der Waals surface area contributed by atoms with Crippen LogP contribution in [0.15, 0.2) is 60.7 Å². The molecule has 27 heavy (non-hydrogen) atoms. The molecule has 0 heterocycles. The van der Waals surface area contributed by atoms with Gasteiger partial charge < -0.3 is 14.8 Å². The number of halogens is 2. The van der Waals surface area contributed by atoms with Crippen molar-refractivity contribution in [1.82, 2.24) is 0 Å². The summed E-state index contributed by atoms with van der Waals surface area (Å²) in [6.45, 7) is 3.20. The summed E-state index contributed by atoms with van der Waals surface area (Å²) in [5, 5.41) is 4.17. The summed E-state index contributed by atoms with van der Waals surface area (Å²) >= 11 is 8.50. The maximum atomic E-state index is 6.22. The number of aryl methyl sites for hydroxylation is 1. The number of nitrogens with one attached hydrogen (secondary N) is 1. The number of hydrogen-bond acceptors (Lipinski definition) is 3. The predicted octanol–water partition coefficient (Wildman–Crippen LogP) is 6.45. The highest BCUT2D eigenvalue weighted by Gasteiger charge is 2.13. The van der Waals surface area contributed by atoms with Crippen molar-refractivity contribution in [2.45, 2.75) is 20.1 Å². The molecule has 3 rings (SSSR count). The number of hydrogen-bond donors (Lipinski definition) is 1. The minimum Gasteiger partial charge on any atom is -0.493 e. The first-order chi connectivity index (χ1) is 13.1. The zero-order chi connectivity index (χ0) is 19.2. The smallest absolute Gasteiger partial charge is 0.174 e. The van der Waals surface area contributed by atoms with Crippen molar-refractivity contribution in [3.8, 4) is 11.5 Å². The lowest BCUT2D eigenvalue weighted by Gasteiger charge is -2.16. The zero-order valence-corrected chi connectivity index (χ0v) is 18.2. The molecule has 0 aliphatic rings. The molecule has 0 saturated heterocycles. The molecule has 0 aliphatic carbocycles. The zero-order valence-electron chi connectivity index (χ0n) is 15.3. The first-order valence-corrected chi connectivity index (χ1v) is 10.1. The van der Waals surface area contributed by atoms with E-state index >= 15 is 0 Å². The van der Waals surface area contributed by atoms with Crippen LogP contribution in [0.4, 0.5) is 5.69 Å². The minimum absolute atomic E-state index is 0.396. The van der Waals surface area contributed by atoms with Gasteiger partial charge in [0.15, 0.2) is 11.5 Å². The van der Waals surface area contributed by atoms with Gasteiger partial charge in [-0.25, -0.2) is 0 Å². The lowest BCUT2D eigenvalue weighted by molar-refractivity contribution is 0.282. The van der Waals surface area contributed by atoms with Crippen LogP contribution in [0.25, 0.3) is 0 Å². The summed E-state index contributed by atoms with van der Waals surface area (Å²) in [6, 6.07) is 20.1. The van der Waals surface area contributed by atoms with Gasteiger partial charge in [-0.05, 0) is 64.9 Å². The van der Waals surface area contributed by atoms with E-state index in [9.17, 15) is 0 Å². The highest BCUT2D eigenvalue weighted by Crippen LogP contribution is 2.35. The van der Waals surface area contributed by atoms with Gasteiger partial charge in [0.2, 0.25) is 0 Å². The number of anilines is 1. The number of ether oxygens (including phenoxy) is 2. The maximum Gasteiger partial charge on any atom is 0.174 e. The van der Waals surface area contributed by atoms with Crippen molar-refractivity contribution in [2.24, 2.45) is 0 Å². The van der Waals surface area contributed by atoms with E-state index in [0.29, 0.717) is 18.2 Å². The van der Waals surface area contributed by atoms with Gasteiger partial charge in [-0.15, -0.1) is 0 Å². The lowest BCUT2D eigenvalue weighted by atomic mass is 10.1. The SMILES string of the molecule is COc1cc(CNc2ccccc2C)cc(I)c1OCc1ccccc1Cl. The Labute approximate surface area is 178 Å². The molecular formula is C22H21ClINO2. The van der Waals surface area contributed by atoms with Crippen LogP contribution < -0.4 is 14.8 Å². The molecule has 0 spiro atoms. The van der Waals surface area contributed by atoms with E-state index < -0.39 is 0 Å². The van der Waals surface area contributed by atoms with Gasteiger partial charge in [-0.2, -0.15) is 0 Å². The van der Waals surface area contributed by atoms with Crippen molar-refractivity contribution in [2.75, 3.05) is 12.4 Å². The fraction of sp³-hybridized carbons (Fsp3) is 0.182. The van der Waals surface area contributed by atoms with E-state index in [0.717, 1.165) is 31.9 Å². The Hall–Kier alpha value is -1.92. The van der Waals surface area contributed by atoms with Crippen molar-refractivity contribution in [3.05, 3.63) is 85.9 Å². The van der Waals surface area contributed by atoms with Crippen molar-refractivity contribution < 1.29 is 9.47 Å². The molecule has 140 valence electrons. The van der Waals surface area contributed by atoms with Crippen molar-refractivity contribution >= 4 is 39.9 Å². The van der Waals surface area contributed by atoms with Crippen LogP contribution >= 0.6 is 34.2 Å². The Kier molecular flexibility index (Phi) is 6.85. The summed E-state index contributed by atoms with van der Waals surface area (Å²) < 4.78 is 12.6. The first kappa shape index (κ1) is 19.8. The van der Waals surface area contributed by atoms with Crippen LogP contribution in [-0.2, 0) is 13.2 Å². The molecule has 0 fully saturated rings. The van der Waals surface area contributed by atoms with E-state index in [1.54, 1.807) is 7.11 Å². The third-order valence-corrected chi connectivity index (χ3v) is 5.42. The Balaban J connectivity index is 1.75. The van der Waals surface area contributed by atoms with Gasteiger partial charge in [0.1, 0.15) is 6.61 Å². The van der Waals surface area contributed by atoms with Crippen LogP contribution in [0.2, 0.25) is 5.02 Å². The molecule has 0 amide bonds. The second-order valence-corrected chi connectivity index (χ2v) is 7.73. The van der Waals surface area contributed by atoms with Crippen LogP contribution in [-0.4, -0.2) is 7.11 Å². The summed E-state index contributed by atoms with van der Waals surface area (Å²) in [5.74, 6) is 1.45. The molecule has 0 saturated carbocycles. The molecule has 3 nitrogen and oxygen atoms in total. The lowest BCUT2D eigenvalue weighted by Crippen LogP contribution is -2.04. The largest absolute Gasteiger partial charge is 0.493 e. The summed E-state index contributed by atoms with van der Waals surface area (Å²) in [7, 11) is 1.66. The topological polar surface area (TPSA) is 30.5 Å². The molecule has 5 heteroatoms. The monoisotopic (exact) mass is 493 g/mol. The number of benzene rings is 3. The molecule has 0 unspecified atom stereocenters. The Bertz CT molecular complexity index is 930. The van der Waals surface area contributed by atoms with Crippen LogP contribution in [0.5, 0.6) is 11.5 Å². The average molecular weight is 494 g/mol.